The molecule has 1 N–H and O–H groups in total. The molecule has 24 heavy (non-hydrogen) atoms. The van der Waals surface area contributed by atoms with Crippen molar-refractivity contribution in [1.82, 2.24) is 5.32 Å². The lowest BCUT2D eigenvalue weighted by Gasteiger charge is -2.28. The zero-order valence-electron chi connectivity index (χ0n) is 13.9. The molecule has 0 bridgehead atoms. The largest absolute Gasteiger partial charge is 0.463 e. The van der Waals surface area contributed by atoms with Crippen LogP contribution >= 0.6 is 0 Å². The predicted molar refractivity (Wildman–Crippen MR) is 83.1 cm³/mol. The smallest absolute Gasteiger partial charge is 0.333 e. The van der Waals surface area contributed by atoms with E-state index in [0.717, 1.165) is 0 Å². The van der Waals surface area contributed by atoms with Crippen LogP contribution < -0.4 is 5.32 Å². The zero-order valence-corrected chi connectivity index (χ0v) is 13.9. The Morgan fingerprint density at radius 1 is 1.38 bits per heavy atom. The van der Waals surface area contributed by atoms with Crippen LogP contribution in [0.5, 0.6) is 0 Å². The number of hydrogen-bond acceptors (Lipinski definition) is 7. The molecule has 1 aliphatic rings. The third kappa shape index (κ3) is 5.11. The van der Waals surface area contributed by atoms with E-state index in [0.29, 0.717) is 6.42 Å². The average molecular weight is 337 g/mol. The van der Waals surface area contributed by atoms with Gasteiger partial charge in [0.25, 0.3) is 0 Å². The minimum Gasteiger partial charge on any atom is -0.463 e. The van der Waals surface area contributed by atoms with Crippen LogP contribution in [0.25, 0.3) is 0 Å². The quantitative estimate of drug-likeness (QED) is 0.339. The summed E-state index contributed by atoms with van der Waals surface area (Å²) in [6.07, 6.45) is -1.68. The van der Waals surface area contributed by atoms with Gasteiger partial charge in [-0.1, -0.05) is 13.5 Å². The highest BCUT2D eigenvalue weighted by atomic mass is 16.6. The summed E-state index contributed by atoms with van der Waals surface area (Å²) in [6.45, 7) is 7.70. The number of esters is 3. The van der Waals surface area contributed by atoms with Gasteiger partial charge in [0, 0.05) is 5.57 Å². The van der Waals surface area contributed by atoms with E-state index in [1.807, 2.05) is 0 Å². The Bertz CT molecular complexity index is 548. The van der Waals surface area contributed by atoms with Gasteiger partial charge in [-0.25, -0.2) is 9.59 Å². The minimum atomic E-state index is -1.23. The highest BCUT2D eigenvalue weighted by Gasteiger charge is 2.40. The van der Waals surface area contributed by atoms with Crippen LogP contribution in [0.1, 0.15) is 27.2 Å². The van der Waals surface area contributed by atoms with Gasteiger partial charge >= 0.3 is 17.9 Å². The molecular formula is C15H20BNO7. The van der Waals surface area contributed by atoms with Crippen LogP contribution in [-0.4, -0.2) is 56.4 Å². The number of rotatable bonds is 4. The molecule has 4 atom stereocenters. The second-order valence-corrected chi connectivity index (χ2v) is 5.50. The van der Waals surface area contributed by atoms with Crippen molar-refractivity contribution in [3.63, 3.8) is 0 Å². The highest BCUT2D eigenvalue weighted by molar-refractivity contribution is 6.57. The van der Waals surface area contributed by atoms with Crippen molar-refractivity contribution in [2.45, 2.75) is 45.4 Å². The predicted octanol–water partition coefficient (Wildman–Crippen LogP) is 0.236. The first-order valence-electron chi connectivity index (χ1n) is 7.46. The third-order valence-electron chi connectivity index (χ3n) is 3.49. The Labute approximate surface area is 141 Å². The summed E-state index contributed by atoms with van der Waals surface area (Å²) in [5, 5.41) is 2.14. The molecule has 130 valence electrons. The summed E-state index contributed by atoms with van der Waals surface area (Å²) in [6, 6.07) is -1.23. The maximum Gasteiger partial charge on any atom is 0.333 e. The second kappa shape index (κ2) is 8.51. The van der Waals surface area contributed by atoms with Gasteiger partial charge in [-0.05, 0) is 20.3 Å². The molecule has 1 heterocycles. The van der Waals surface area contributed by atoms with E-state index in [1.165, 1.54) is 13.8 Å². The summed E-state index contributed by atoms with van der Waals surface area (Å²) < 4.78 is 15.5. The first-order valence-corrected chi connectivity index (χ1v) is 7.46. The molecule has 0 aliphatic carbocycles. The molecule has 0 aromatic heterocycles. The van der Waals surface area contributed by atoms with Crippen LogP contribution in [0.15, 0.2) is 12.2 Å². The topological polar surface area (TPSA) is 108 Å². The van der Waals surface area contributed by atoms with Gasteiger partial charge in [0.2, 0.25) is 7.85 Å². The van der Waals surface area contributed by atoms with Crippen molar-refractivity contribution in [2.24, 2.45) is 5.92 Å². The van der Waals surface area contributed by atoms with Crippen LogP contribution in [0.2, 0.25) is 0 Å². The van der Waals surface area contributed by atoms with Crippen LogP contribution in [0.4, 0.5) is 4.79 Å². The third-order valence-corrected chi connectivity index (χ3v) is 3.49. The number of nitrogens with one attached hydrogen (secondary N) is 1. The molecule has 1 saturated heterocycles. The lowest BCUT2D eigenvalue weighted by atomic mass is 9.95. The average Bonchev–Trinajstić information content (AvgIpc) is 2.52. The molecule has 0 spiro atoms. The molecule has 0 aromatic rings. The van der Waals surface area contributed by atoms with Gasteiger partial charge < -0.3 is 19.5 Å². The van der Waals surface area contributed by atoms with Gasteiger partial charge in [0.05, 0.1) is 5.92 Å². The number of cyclic esters (lactones) is 2. The standard InChI is InChI=1S/C15H20BNO7/c1-5-9-11(24-12(18)7(2)3)8(4)23-14(20)10(17-15(16)21)6-22-13(9)19/h8-11H,2,5-6H2,1,3-4H3,(H,17,21). The normalized spacial score (nSPS) is 27.6. The van der Waals surface area contributed by atoms with E-state index >= 15 is 0 Å². The highest BCUT2D eigenvalue weighted by Crippen LogP contribution is 2.23. The van der Waals surface area contributed by atoms with Crippen LogP contribution in [0.3, 0.4) is 0 Å². The number of ether oxygens (including phenoxy) is 3. The van der Waals surface area contributed by atoms with Crippen LogP contribution in [0, 0.1) is 5.92 Å². The van der Waals surface area contributed by atoms with Crippen molar-refractivity contribution >= 4 is 31.6 Å². The minimum absolute atomic E-state index is 0.143. The van der Waals surface area contributed by atoms with Crippen molar-refractivity contribution in [1.29, 1.82) is 0 Å². The molecule has 8 nitrogen and oxygen atoms in total. The van der Waals surface area contributed by atoms with E-state index in [-0.39, 0.29) is 5.57 Å². The Hall–Kier alpha value is -2.32. The molecule has 0 saturated carbocycles. The molecule has 1 rings (SSSR count). The van der Waals surface area contributed by atoms with Gasteiger partial charge in [0.1, 0.15) is 12.7 Å². The summed E-state index contributed by atoms with van der Waals surface area (Å²) in [5.41, 5.74) is 0.143. The molecule has 1 amide bonds. The maximum absolute atomic E-state index is 12.2. The number of carbonyl (C=O) groups is 4. The molecule has 9 heteroatoms. The van der Waals surface area contributed by atoms with Gasteiger partial charge in [-0.15, -0.1) is 0 Å². The monoisotopic (exact) mass is 337 g/mol. The summed E-state index contributed by atoms with van der Waals surface area (Å²) >= 11 is 0. The van der Waals surface area contributed by atoms with Crippen molar-refractivity contribution < 1.29 is 33.4 Å². The summed E-state index contributed by atoms with van der Waals surface area (Å²) in [4.78, 5) is 47.1. The first-order chi connectivity index (χ1) is 11.2. The lowest BCUT2D eigenvalue weighted by Crippen LogP contribution is -2.46. The molecule has 0 aromatic carbocycles. The van der Waals surface area contributed by atoms with E-state index in [9.17, 15) is 19.2 Å². The fraction of sp³-hybridized carbons (Fsp3) is 0.600. The number of carbonyl (C=O) groups excluding carboxylic acids is 4. The number of amides is 1. The molecule has 4 unspecified atom stereocenters. The first kappa shape index (κ1) is 19.7. The zero-order chi connectivity index (χ0) is 18.4. The van der Waals surface area contributed by atoms with Gasteiger partial charge in [-0.3, -0.25) is 9.59 Å². The number of hydrogen-bond donors (Lipinski definition) is 1. The fourth-order valence-electron chi connectivity index (χ4n) is 2.21. The molecular weight excluding hydrogens is 317 g/mol. The van der Waals surface area contributed by atoms with Gasteiger partial charge in [-0.2, -0.15) is 0 Å². The maximum atomic E-state index is 12.2. The van der Waals surface area contributed by atoms with Crippen LogP contribution in [-0.2, 0) is 28.6 Å². The van der Waals surface area contributed by atoms with E-state index in [1.54, 1.807) is 6.92 Å². The van der Waals surface area contributed by atoms with E-state index < -0.39 is 54.5 Å². The van der Waals surface area contributed by atoms with Crippen molar-refractivity contribution in [2.75, 3.05) is 6.61 Å². The molecule has 1 aliphatic heterocycles. The second-order valence-electron chi connectivity index (χ2n) is 5.50. The van der Waals surface area contributed by atoms with Gasteiger partial charge in [0.15, 0.2) is 18.0 Å². The fourth-order valence-corrected chi connectivity index (χ4v) is 2.21. The molecule has 1 fully saturated rings. The SMILES string of the molecule is [B]C(=O)NC1COC(=O)C(CC)C(OC(=O)C(=C)C)C(C)OC1=O. The van der Waals surface area contributed by atoms with E-state index in [4.69, 9.17) is 22.1 Å². The Morgan fingerprint density at radius 3 is 2.50 bits per heavy atom. The van der Waals surface area contributed by atoms with E-state index in [2.05, 4.69) is 11.9 Å². The lowest BCUT2D eigenvalue weighted by molar-refractivity contribution is -0.172. The van der Waals surface area contributed by atoms with Crippen molar-refractivity contribution in [3.05, 3.63) is 12.2 Å². The Kier molecular flexibility index (Phi) is 7.00. The van der Waals surface area contributed by atoms with Crippen molar-refractivity contribution in [3.8, 4) is 0 Å². The Morgan fingerprint density at radius 2 is 2.00 bits per heavy atom. The Balaban J connectivity index is 3.08. The summed E-state index contributed by atoms with van der Waals surface area (Å²) in [5.74, 6) is -4.01. The summed E-state index contributed by atoms with van der Waals surface area (Å²) in [7, 11) is 4.99. The molecule has 2 radical (unpaired) electrons.